The number of nitrogens with one attached hydrogen (secondary N) is 2. The van der Waals surface area contributed by atoms with E-state index < -0.39 is 0 Å². The quantitative estimate of drug-likeness (QED) is 0.697. The summed E-state index contributed by atoms with van der Waals surface area (Å²) in [5.41, 5.74) is 2.00. The first-order valence-electron chi connectivity index (χ1n) is 8.99. The highest BCUT2D eigenvalue weighted by molar-refractivity contribution is 5.90. The van der Waals surface area contributed by atoms with Crippen molar-refractivity contribution in [3.05, 3.63) is 48.2 Å². The number of hydrogen-bond acceptors (Lipinski definition) is 3. The summed E-state index contributed by atoms with van der Waals surface area (Å²) < 4.78 is 0. The van der Waals surface area contributed by atoms with Gasteiger partial charge in [0.05, 0.1) is 6.04 Å². The summed E-state index contributed by atoms with van der Waals surface area (Å²) in [7, 11) is 0. The van der Waals surface area contributed by atoms with E-state index in [9.17, 15) is 9.59 Å². The second kappa shape index (κ2) is 8.81. The maximum Gasteiger partial charge on any atom is 0.250 e. The highest BCUT2D eigenvalue weighted by atomic mass is 16.2. The normalized spacial score (nSPS) is 21.9. The lowest BCUT2D eigenvalue weighted by atomic mass is 10.0. The van der Waals surface area contributed by atoms with Gasteiger partial charge in [0, 0.05) is 24.4 Å². The molecule has 5 nitrogen and oxygen atoms in total. The maximum atomic E-state index is 12.6. The molecule has 0 aromatic heterocycles. The molecule has 0 bridgehead atoms. The van der Waals surface area contributed by atoms with Crippen LogP contribution >= 0.6 is 0 Å². The van der Waals surface area contributed by atoms with Crippen molar-refractivity contribution < 1.29 is 9.59 Å². The Bertz CT molecular complexity index is 612. The van der Waals surface area contributed by atoms with Crippen LogP contribution in [0.3, 0.4) is 0 Å². The minimum Gasteiger partial charge on any atom is -0.348 e. The Kier molecular flexibility index (Phi) is 6.76. The molecule has 25 heavy (non-hydrogen) atoms. The molecule has 2 aliphatic rings. The van der Waals surface area contributed by atoms with Crippen LogP contribution in [-0.4, -0.2) is 41.9 Å². The third-order valence-corrected chi connectivity index (χ3v) is 4.68. The summed E-state index contributed by atoms with van der Waals surface area (Å²) in [4.78, 5) is 26.5. The summed E-state index contributed by atoms with van der Waals surface area (Å²) in [5, 5.41) is 6.12. The van der Waals surface area contributed by atoms with Crippen LogP contribution in [0.2, 0.25) is 0 Å². The molecule has 136 valence electrons. The predicted octanol–water partition coefficient (Wildman–Crippen LogP) is 2.29. The molecule has 2 heterocycles. The smallest absolute Gasteiger partial charge is 0.250 e. The average Bonchev–Trinajstić information content (AvgIpc) is 2.92. The monoisotopic (exact) mass is 343 g/mol. The fourth-order valence-electron chi connectivity index (χ4n) is 2.93. The highest BCUT2D eigenvalue weighted by Crippen LogP contribution is 2.25. The van der Waals surface area contributed by atoms with E-state index in [2.05, 4.69) is 17.2 Å². The predicted molar refractivity (Wildman–Crippen MR) is 101 cm³/mol. The van der Waals surface area contributed by atoms with E-state index in [0.29, 0.717) is 6.54 Å². The zero-order chi connectivity index (χ0) is 18.4. The number of nitrogens with zero attached hydrogens (tertiary/aromatic N) is 1. The van der Waals surface area contributed by atoms with Crippen LogP contribution in [0.5, 0.6) is 0 Å². The molecule has 0 aromatic carbocycles. The molecule has 2 aliphatic heterocycles. The average molecular weight is 343 g/mol. The lowest BCUT2D eigenvalue weighted by Gasteiger charge is -2.29. The summed E-state index contributed by atoms with van der Waals surface area (Å²) >= 11 is 0. The minimum atomic E-state index is -0.158. The summed E-state index contributed by atoms with van der Waals surface area (Å²) in [5.74, 6) is 0.152. The molecular formula is C20H29N3O2. The van der Waals surface area contributed by atoms with E-state index in [0.717, 1.165) is 30.7 Å². The largest absolute Gasteiger partial charge is 0.348 e. The fourth-order valence-corrected chi connectivity index (χ4v) is 2.93. The molecule has 0 radical (unpaired) electrons. The van der Waals surface area contributed by atoms with Crippen molar-refractivity contribution in [2.75, 3.05) is 13.1 Å². The van der Waals surface area contributed by atoms with E-state index in [1.165, 1.54) is 0 Å². The van der Waals surface area contributed by atoms with Crippen LogP contribution in [0, 0.1) is 5.92 Å². The number of carbonyl (C=O) groups excluding carboxylic acids is 2. The van der Waals surface area contributed by atoms with Gasteiger partial charge in [0.1, 0.15) is 0 Å². The summed E-state index contributed by atoms with van der Waals surface area (Å²) in [6.45, 7) is 11.4. The second-order valence-corrected chi connectivity index (χ2v) is 6.79. The van der Waals surface area contributed by atoms with Gasteiger partial charge in [0.15, 0.2) is 0 Å². The van der Waals surface area contributed by atoms with Crippen LogP contribution in [0.25, 0.3) is 0 Å². The van der Waals surface area contributed by atoms with Crippen molar-refractivity contribution in [3.63, 3.8) is 0 Å². The van der Waals surface area contributed by atoms with Crippen LogP contribution in [0.1, 0.15) is 33.6 Å². The van der Waals surface area contributed by atoms with Gasteiger partial charge in [0.25, 0.3) is 5.91 Å². The first-order chi connectivity index (χ1) is 12.0. The van der Waals surface area contributed by atoms with Crippen LogP contribution in [0.4, 0.5) is 0 Å². The van der Waals surface area contributed by atoms with Gasteiger partial charge in [-0.3, -0.25) is 9.59 Å². The highest BCUT2D eigenvalue weighted by Gasteiger charge is 2.27. The zero-order valence-electron chi connectivity index (χ0n) is 15.4. The van der Waals surface area contributed by atoms with E-state index in [1.807, 2.05) is 45.1 Å². The van der Waals surface area contributed by atoms with Crippen molar-refractivity contribution in [2.45, 2.75) is 45.7 Å². The van der Waals surface area contributed by atoms with Crippen molar-refractivity contribution in [2.24, 2.45) is 5.92 Å². The van der Waals surface area contributed by atoms with Crippen LogP contribution in [0.15, 0.2) is 48.2 Å². The lowest BCUT2D eigenvalue weighted by molar-refractivity contribution is -0.126. The number of allylic oxidation sites excluding steroid dienone is 3. The maximum absolute atomic E-state index is 12.6. The molecule has 2 atom stereocenters. The summed E-state index contributed by atoms with van der Waals surface area (Å²) in [6.07, 6.45) is 10.8. The molecule has 0 spiro atoms. The Balaban J connectivity index is 2.04. The molecule has 1 fully saturated rings. The molecule has 1 saturated heterocycles. The standard InChI is InChI=1S/C20H29N3O2/c1-5-7-18-15(6-2)11-13-23(18)19(24)9-8-16(14(3)4)22-20(25)17-10-12-21-17/h5-9,14,16-17,21H,2,10-13H2,1,3-4H3,(H,22,25)/b7-5-,9-8+/t16-,17?/m1/s1. The third kappa shape index (κ3) is 4.69. The van der Waals surface area contributed by atoms with Crippen LogP contribution < -0.4 is 10.6 Å². The van der Waals surface area contributed by atoms with Gasteiger partial charge in [-0.1, -0.05) is 38.7 Å². The minimum absolute atomic E-state index is 0.00617. The third-order valence-electron chi connectivity index (χ3n) is 4.68. The molecule has 2 rings (SSSR count). The molecule has 2 N–H and O–H groups in total. The van der Waals surface area contributed by atoms with E-state index in [-0.39, 0.29) is 29.8 Å². The molecule has 1 unspecified atom stereocenters. The fraction of sp³-hybridized carbons (Fsp3) is 0.500. The van der Waals surface area contributed by atoms with Gasteiger partial charge >= 0.3 is 0 Å². The van der Waals surface area contributed by atoms with Crippen LogP contribution in [-0.2, 0) is 9.59 Å². The van der Waals surface area contributed by atoms with Gasteiger partial charge in [0.2, 0.25) is 5.91 Å². The van der Waals surface area contributed by atoms with Crippen molar-refractivity contribution >= 4 is 11.8 Å². The molecule has 0 aliphatic carbocycles. The SMILES string of the molecule is C=CC1=C(/C=C\C)N(C(=O)/C=C/[C@@H](NC(=O)C2CCN2)C(C)C)CC1. The Morgan fingerprint density at radius 2 is 2.12 bits per heavy atom. The van der Waals surface area contributed by atoms with Crippen molar-refractivity contribution in [3.8, 4) is 0 Å². The Morgan fingerprint density at radius 3 is 2.64 bits per heavy atom. The molecular weight excluding hydrogens is 314 g/mol. The first-order valence-corrected chi connectivity index (χ1v) is 8.99. The molecule has 0 saturated carbocycles. The Labute approximate surface area is 150 Å². The summed E-state index contributed by atoms with van der Waals surface area (Å²) in [6, 6.07) is -0.252. The number of rotatable bonds is 7. The lowest BCUT2D eigenvalue weighted by Crippen LogP contribution is -2.55. The van der Waals surface area contributed by atoms with E-state index in [1.54, 1.807) is 11.0 Å². The number of hydrogen-bond donors (Lipinski definition) is 2. The Morgan fingerprint density at radius 1 is 1.40 bits per heavy atom. The Hall–Kier alpha value is -2.14. The number of carbonyl (C=O) groups is 2. The zero-order valence-corrected chi connectivity index (χ0v) is 15.4. The van der Waals surface area contributed by atoms with E-state index in [4.69, 9.17) is 0 Å². The number of amides is 2. The first kappa shape index (κ1) is 19.2. The van der Waals surface area contributed by atoms with Gasteiger partial charge in [-0.2, -0.15) is 0 Å². The molecule has 5 heteroatoms. The van der Waals surface area contributed by atoms with Gasteiger partial charge in [-0.15, -0.1) is 0 Å². The van der Waals surface area contributed by atoms with Crippen molar-refractivity contribution in [1.29, 1.82) is 0 Å². The topological polar surface area (TPSA) is 61.4 Å². The van der Waals surface area contributed by atoms with Crippen molar-refractivity contribution in [1.82, 2.24) is 15.5 Å². The molecule has 0 aromatic rings. The van der Waals surface area contributed by atoms with Gasteiger partial charge in [-0.05, 0) is 43.9 Å². The molecule has 2 amide bonds. The van der Waals surface area contributed by atoms with Gasteiger partial charge in [-0.25, -0.2) is 0 Å². The second-order valence-electron chi connectivity index (χ2n) is 6.79. The van der Waals surface area contributed by atoms with E-state index >= 15 is 0 Å². The van der Waals surface area contributed by atoms with Gasteiger partial charge < -0.3 is 15.5 Å².